The molecule has 1 heterocycles. The molecule has 1 aliphatic carbocycles. The summed E-state index contributed by atoms with van der Waals surface area (Å²) in [6.07, 6.45) is 8.31. The molecule has 2 rings (SSSR count). The highest BCUT2D eigenvalue weighted by Gasteiger charge is 2.19. The molecule has 0 aromatic carbocycles. The lowest BCUT2D eigenvalue weighted by atomic mass is 9.94. The summed E-state index contributed by atoms with van der Waals surface area (Å²) in [7, 11) is 2.11. The Labute approximate surface area is 108 Å². The van der Waals surface area contributed by atoms with Gasteiger partial charge >= 0.3 is 0 Å². The highest BCUT2D eigenvalue weighted by Crippen LogP contribution is 2.25. The van der Waals surface area contributed by atoms with Gasteiger partial charge in [-0.2, -0.15) is 0 Å². The Bertz CT molecular complexity index is 399. The maximum absolute atomic E-state index is 5.65. The van der Waals surface area contributed by atoms with E-state index in [1.54, 1.807) is 6.20 Å². The van der Waals surface area contributed by atoms with Crippen molar-refractivity contribution in [3.05, 3.63) is 23.9 Å². The van der Waals surface area contributed by atoms with Crippen molar-refractivity contribution in [3.63, 3.8) is 0 Å². The molecular weight excluding hydrogens is 230 g/mol. The first-order valence-corrected chi connectivity index (χ1v) is 6.58. The van der Waals surface area contributed by atoms with Crippen LogP contribution < -0.4 is 10.6 Å². The number of thiocarbonyl (C=S) groups is 1. The van der Waals surface area contributed by atoms with E-state index >= 15 is 0 Å². The van der Waals surface area contributed by atoms with Crippen LogP contribution in [-0.4, -0.2) is 23.1 Å². The number of aromatic nitrogens is 1. The minimum Gasteiger partial charge on any atom is -0.389 e. The van der Waals surface area contributed by atoms with Crippen LogP contribution in [0, 0.1) is 0 Å². The first-order valence-electron chi connectivity index (χ1n) is 6.17. The second-order valence-corrected chi connectivity index (χ2v) is 5.11. The van der Waals surface area contributed by atoms with E-state index in [0.717, 1.165) is 11.4 Å². The molecule has 1 aromatic rings. The van der Waals surface area contributed by atoms with Gasteiger partial charge in [0.05, 0.1) is 0 Å². The summed E-state index contributed by atoms with van der Waals surface area (Å²) in [6.45, 7) is 0. The Balaban J connectivity index is 2.14. The van der Waals surface area contributed by atoms with Crippen LogP contribution in [0.25, 0.3) is 0 Å². The van der Waals surface area contributed by atoms with E-state index in [-0.39, 0.29) is 0 Å². The van der Waals surface area contributed by atoms with Gasteiger partial charge in [-0.25, -0.2) is 4.98 Å². The second-order valence-electron chi connectivity index (χ2n) is 4.67. The molecule has 0 bridgehead atoms. The molecule has 0 unspecified atom stereocenters. The highest BCUT2D eigenvalue weighted by atomic mass is 32.1. The van der Waals surface area contributed by atoms with Crippen molar-refractivity contribution in [2.24, 2.45) is 5.73 Å². The topological polar surface area (TPSA) is 42.1 Å². The largest absolute Gasteiger partial charge is 0.389 e. The minimum absolute atomic E-state index is 0.436. The fraction of sp³-hybridized carbons (Fsp3) is 0.538. The van der Waals surface area contributed by atoms with E-state index in [9.17, 15) is 0 Å². The van der Waals surface area contributed by atoms with E-state index in [1.165, 1.54) is 32.1 Å². The van der Waals surface area contributed by atoms with Crippen LogP contribution >= 0.6 is 12.2 Å². The first kappa shape index (κ1) is 12.3. The number of hydrogen-bond acceptors (Lipinski definition) is 3. The predicted octanol–water partition coefficient (Wildman–Crippen LogP) is 2.48. The van der Waals surface area contributed by atoms with Crippen molar-refractivity contribution in [3.8, 4) is 0 Å². The number of pyridine rings is 1. The molecule has 0 aliphatic heterocycles. The van der Waals surface area contributed by atoms with Crippen molar-refractivity contribution in [2.45, 2.75) is 38.1 Å². The van der Waals surface area contributed by atoms with E-state index in [0.29, 0.717) is 11.0 Å². The van der Waals surface area contributed by atoms with Gasteiger partial charge in [0.2, 0.25) is 0 Å². The molecule has 1 aliphatic rings. The van der Waals surface area contributed by atoms with Crippen molar-refractivity contribution in [2.75, 3.05) is 11.9 Å². The molecule has 0 radical (unpaired) electrons. The fourth-order valence-electron chi connectivity index (χ4n) is 2.42. The summed E-state index contributed by atoms with van der Waals surface area (Å²) in [6, 6.07) is 4.45. The number of nitrogens with two attached hydrogens (primary N) is 1. The quantitative estimate of drug-likeness (QED) is 0.836. The summed E-state index contributed by atoms with van der Waals surface area (Å²) in [5.41, 5.74) is 6.54. The number of hydrogen-bond donors (Lipinski definition) is 1. The van der Waals surface area contributed by atoms with Gasteiger partial charge in [0, 0.05) is 24.8 Å². The molecule has 0 atom stereocenters. The third kappa shape index (κ3) is 2.94. The molecule has 3 nitrogen and oxygen atoms in total. The van der Waals surface area contributed by atoms with Crippen LogP contribution in [0.15, 0.2) is 18.3 Å². The third-order valence-electron chi connectivity index (χ3n) is 3.51. The van der Waals surface area contributed by atoms with Gasteiger partial charge < -0.3 is 10.6 Å². The van der Waals surface area contributed by atoms with Crippen LogP contribution in [0.2, 0.25) is 0 Å². The first-order chi connectivity index (χ1) is 8.18. The molecule has 1 aromatic heterocycles. The van der Waals surface area contributed by atoms with Crippen LogP contribution in [0.4, 0.5) is 5.82 Å². The summed E-state index contributed by atoms with van der Waals surface area (Å²) in [4.78, 5) is 7.11. The van der Waals surface area contributed by atoms with Gasteiger partial charge in [0.25, 0.3) is 0 Å². The SMILES string of the molecule is CN(c1cc(C(N)=S)ccn1)C1CCCCC1. The zero-order valence-corrected chi connectivity index (χ0v) is 11.0. The lowest BCUT2D eigenvalue weighted by Gasteiger charge is -2.32. The second kappa shape index (κ2) is 5.45. The molecule has 2 N–H and O–H groups in total. The Morgan fingerprint density at radius 1 is 1.41 bits per heavy atom. The summed E-state index contributed by atoms with van der Waals surface area (Å²) in [5.74, 6) is 0.974. The van der Waals surface area contributed by atoms with E-state index in [4.69, 9.17) is 18.0 Å². The maximum Gasteiger partial charge on any atom is 0.129 e. The zero-order chi connectivity index (χ0) is 12.3. The molecule has 1 fully saturated rings. The maximum atomic E-state index is 5.65. The molecule has 0 saturated heterocycles. The van der Waals surface area contributed by atoms with Crippen molar-refractivity contribution >= 4 is 23.0 Å². The third-order valence-corrected chi connectivity index (χ3v) is 3.75. The summed E-state index contributed by atoms with van der Waals surface area (Å²) < 4.78 is 0. The molecule has 1 saturated carbocycles. The average Bonchev–Trinajstić information content (AvgIpc) is 2.39. The summed E-state index contributed by atoms with van der Waals surface area (Å²) in [5, 5.41) is 0. The van der Waals surface area contributed by atoms with Gasteiger partial charge in [0.15, 0.2) is 0 Å². The van der Waals surface area contributed by atoms with Crippen molar-refractivity contribution < 1.29 is 0 Å². The van der Waals surface area contributed by atoms with Crippen LogP contribution in [0.3, 0.4) is 0 Å². The normalized spacial score (nSPS) is 16.8. The Morgan fingerprint density at radius 2 is 2.12 bits per heavy atom. The monoisotopic (exact) mass is 249 g/mol. The van der Waals surface area contributed by atoms with Crippen LogP contribution in [0.1, 0.15) is 37.7 Å². The molecule has 0 spiro atoms. The van der Waals surface area contributed by atoms with Crippen LogP contribution in [-0.2, 0) is 0 Å². The van der Waals surface area contributed by atoms with E-state index < -0.39 is 0 Å². The van der Waals surface area contributed by atoms with Gasteiger partial charge in [-0.3, -0.25) is 0 Å². The van der Waals surface area contributed by atoms with Crippen molar-refractivity contribution in [1.29, 1.82) is 0 Å². The standard InChI is InChI=1S/C13H19N3S/c1-16(11-5-3-2-4-6-11)12-9-10(13(14)17)7-8-15-12/h7-9,11H,2-6H2,1H3,(H2,14,17). The smallest absolute Gasteiger partial charge is 0.129 e. The van der Waals surface area contributed by atoms with Gasteiger partial charge in [-0.05, 0) is 25.0 Å². The Hall–Kier alpha value is -1.16. The predicted molar refractivity (Wildman–Crippen MR) is 75.4 cm³/mol. The lowest BCUT2D eigenvalue weighted by Crippen LogP contribution is -2.34. The highest BCUT2D eigenvalue weighted by molar-refractivity contribution is 7.80. The Morgan fingerprint density at radius 3 is 2.76 bits per heavy atom. The number of rotatable bonds is 3. The number of anilines is 1. The molecule has 92 valence electrons. The molecule has 0 amide bonds. The van der Waals surface area contributed by atoms with Gasteiger partial charge in [0.1, 0.15) is 10.8 Å². The van der Waals surface area contributed by atoms with Gasteiger partial charge in [-0.1, -0.05) is 31.5 Å². The van der Waals surface area contributed by atoms with E-state index in [2.05, 4.69) is 16.9 Å². The molecular formula is C13H19N3S. The molecule has 4 heteroatoms. The summed E-state index contributed by atoms with van der Waals surface area (Å²) >= 11 is 5.00. The average molecular weight is 249 g/mol. The zero-order valence-electron chi connectivity index (χ0n) is 10.2. The van der Waals surface area contributed by atoms with Crippen LogP contribution in [0.5, 0.6) is 0 Å². The lowest BCUT2D eigenvalue weighted by molar-refractivity contribution is 0.426. The number of nitrogens with zero attached hydrogens (tertiary/aromatic N) is 2. The Kier molecular flexibility index (Phi) is 3.94. The minimum atomic E-state index is 0.436. The van der Waals surface area contributed by atoms with E-state index in [1.807, 2.05) is 12.1 Å². The van der Waals surface area contributed by atoms with Crippen molar-refractivity contribution in [1.82, 2.24) is 4.98 Å². The fourth-order valence-corrected chi connectivity index (χ4v) is 2.55. The van der Waals surface area contributed by atoms with Gasteiger partial charge in [-0.15, -0.1) is 0 Å². The molecule has 17 heavy (non-hydrogen) atoms.